The summed E-state index contributed by atoms with van der Waals surface area (Å²) in [4.78, 5) is 33.3. The van der Waals surface area contributed by atoms with Crippen molar-refractivity contribution in [2.45, 2.75) is 13.0 Å². The minimum atomic E-state index is -0.200. The van der Waals surface area contributed by atoms with Gasteiger partial charge in [-0.3, -0.25) is 14.7 Å². The van der Waals surface area contributed by atoms with Crippen molar-refractivity contribution in [2.75, 3.05) is 51.3 Å². The fourth-order valence-corrected chi connectivity index (χ4v) is 4.41. The Morgan fingerprint density at radius 2 is 2.03 bits per heavy atom. The molecule has 1 atom stereocenters. The Morgan fingerprint density at radius 3 is 2.82 bits per heavy atom. The number of H-pyrrole nitrogens is 1. The Labute approximate surface area is 196 Å². The number of aromatic hydroxyl groups is 1. The summed E-state index contributed by atoms with van der Waals surface area (Å²) in [5, 5.41) is 14.3. The molecule has 4 bridgehead atoms. The zero-order valence-corrected chi connectivity index (χ0v) is 19.1. The van der Waals surface area contributed by atoms with Gasteiger partial charge >= 0.3 is 0 Å². The van der Waals surface area contributed by atoms with Crippen LogP contribution >= 0.6 is 0 Å². The molecule has 0 unspecified atom stereocenters. The fourth-order valence-electron chi connectivity index (χ4n) is 4.41. The van der Waals surface area contributed by atoms with E-state index >= 15 is 0 Å². The molecule has 1 aromatic carbocycles. The lowest BCUT2D eigenvalue weighted by atomic mass is 10.2. The van der Waals surface area contributed by atoms with Crippen molar-refractivity contribution in [2.24, 2.45) is 4.99 Å². The van der Waals surface area contributed by atoms with E-state index in [2.05, 4.69) is 35.1 Å². The largest absolute Gasteiger partial charge is 0.494 e. The number of anilines is 1. The summed E-state index contributed by atoms with van der Waals surface area (Å²) in [6.07, 6.45) is 3.08. The zero-order valence-electron chi connectivity index (χ0n) is 19.1. The van der Waals surface area contributed by atoms with E-state index in [9.17, 15) is 9.90 Å². The molecule has 0 aliphatic carbocycles. The summed E-state index contributed by atoms with van der Waals surface area (Å²) in [6.45, 7) is 5.77. The summed E-state index contributed by atoms with van der Waals surface area (Å²) < 4.78 is 11.1. The van der Waals surface area contributed by atoms with E-state index in [0.717, 1.165) is 43.9 Å². The van der Waals surface area contributed by atoms with Gasteiger partial charge in [-0.05, 0) is 19.1 Å². The highest BCUT2D eigenvalue weighted by molar-refractivity contribution is 6.06. The van der Waals surface area contributed by atoms with Crippen molar-refractivity contribution >= 4 is 34.7 Å². The van der Waals surface area contributed by atoms with E-state index in [1.807, 2.05) is 6.92 Å². The fraction of sp³-hybridized carbons (Fsp3) is 0.391. The molecule has 1 saturated heterocycles. The number of piperazine rings is 1. The van der Waals surface area contributed by atoms with Gasteiger partial charge in [-0.2, -0.15) is 0 Å². The Morgan fingerprint density at radius 1 is 1.21 bits per heavy atom. The zero-order chi connectivity index (χ0) is 23.7. The first-order valence-corrected chi connectivity index (χ1v) is 11.2. The number of aromatic nitrogens is 3. The van der Waals surface area contributed by atoms with Gasteiger partial charge in [-0.15, -0.1) is 0 Å². The van der Waals surface area contributed by atoms with Crippen molar-refractivity contribution < 1.29 is 19.4 Å². The van der Waals surface area contributed by atoms with Gasteiger partial charge in [0, 0.05) is 51.0 Å². The molecule has 11 heteroatoms. The average Bonchev–Trinajstić information content (AvgIpc) is 3.16. The highest BCUT2D eigenvalue weighted by Crippen LogP contribution is 2.34. The Balaban J connectivity index is 1.58. The van der Waals surface area contributed by atoms with Crippen molar-refractivity contribution in [3.63, 3.8) is 0 Å². The number of nitrogens with zero attached hydrogens (tertiary/aromatic N) is 5. The second kappa shape index (κ2) is 9.18. The number of aliphatic imine (C=N–C) groups is 1. The second-order valence-electron chi connectivity index (χ2n) is 8.45. The van der Waals surface area contributed by atoms with Gasteiger partial charge in [0.25, 0.3) is 5.91 Å². The number of aromatic amines is 1. The molecular weight excluding hydrogens is 438 g/mol. The lowest BCUT2D eigenvalue weighted by molar-refractivity contribution is -0.123. The first kappa shape index (κ1) is 22.0. The molecule has 5 heterocycles. The number of nitrogens with one attached hydrogen (secondary N) is 2. The Bertz CT molecular complexity index is 1230. The molecule has 6 rings (SSSR count). The molecule has 0 spiro atoms. The normalized spacial score (nSPS) is 21.0. The van der Waals surface area contributed by atoms with Crippen LogP contribution in [0.3, 0.4) is 0 Å². The van der Waals surface area contributed by atoms with Gasteiger partial charge < -0.3 is 29.8 Å². The van der Waals surface area contributed by atoms with E-state index in [1.54, 1.807) is 24.4 Å². The van der Waals surface area contributed by atoms with E-state index in [1.165, 1.54) is 13.4 Å². The van der Waals surface area contributed by atoms with Crippen molar-refractivity contribution in [1.82, 2.24) is 25.2 Å². The number of carbonyl (C=O) groups is 1. The van der Waals surface area contributed by atoms with Gasteiger partial charge in [-0.1, -0.05) is 0 Å². The third kappa shape index (κ3) is 4.34. The number of ether oxygens (including phenoxy) is 2. The highest BCUT2D eigenvalue weighted by Gasteiger charge is 2.24. The summed E-state index contributed by atoms with van der Waals surface area (Å²) in [5.74, 6) is 1.43. The summed E-state index contributed by atoms with van der Waals surface area (Å²) in [5.41, 5.74) is 1.64. The minimum absolute atomic E-state index is 0.0241. The van der Waals surface area contributed by atoms with Gasteiger partial charge in [0.05, 0.1) is 23.7 Å². The number of benzene rings is 1. The molecule has 0 saturated carbocycles. The average molecular weight is 466 g/mol. The van der Waals surface area contributed by atoms with Crippen LogP contribution in [0.1, 0.15) is 12.5 Å². The summed E-state index contributed by atoms with van der Waals surface area (Å²) in [6, 6.07) is 5.15. The van der Waals surface area contributed by atoms with Crippen LogP contribution in [-0.2, 0) is 4.79 Å². The maximum absolute atomic E-state index is 12.5. The number of carbonyl (C=O) groups excluding carboxylic acids is 1. The number of hydrogen-bond donors (Lipinski definition) is 3. The van der Waals surface area contributed by atoms with Crippen LogP contribution in [0.5, 0.6) is 17.4 Å². The quantitative estimate of drug-likeness (QED) is 0.493. The monoisotopic (exact) mass is 465 g/mol. The standard InChI is InChI=1S/C23H27N7O4/c1-14-11-29-5-7-30(8-6-29)22-20-16(23(32)28-21(20)25-13-26-22)10-24-15-3-4-17(33-2)18(9-15)34-12-19(31)27-14/h3-4,9-10,13-14,32H,5-8,11-12H2,1-2H3,(H,27,31)(H,25,26,28)/t14-/m0/s1. The molecule has 1 amide bonds. The third-order valence-electron chi connectivity index (χ3n) is 6.05. The predicted octanol–water partition coefficient (Wildman–Crippen LogP) is 1.44. The number of hydrogen-bond acceptors (Lipinski definition) is 9. The van der Waals surface area contributed by atoms with E-state index in [4.69, 9.17) is 9.47 Å². The number of amides is 1. The third-order valence-corrected chi connectivity index (χ3v) is 6.05. The molecule has 3 aliphatic heterocycles. The number of rotatable bonds is 1. The Hall–Kier alpha value is -3.86. The van der Waals surface area contributed by atoms with Crippen LogP contribution in [0.25, 0.3) is 11.0 Å². The smallest absolute Gasteiger partial charge is 0.258 e. The molecule has 2 aromatic heterocycles. The molecule has 178 valence electrons. The van der Waals surface area contributed by atoms with E-state index in [-0.39, 0.29) is 24.4 Å². The first-order valence-electron chi connectivity index (χ1n) is 11.2. The molecule has 3 N–H and O–H groups in total. The van der Waals surface area contributed by atoms with Gasteiger partial charge in [0.2, 0.25) is 0 Å². The number of methoxy groups -OCH3 is 1. The SMILES string of the molecule is COc1ccc2cc1OCC(=O)N[C@@H](C)CN1CCN(CC1)c1ncnc3[nH]c(O)c(c13)C=N2. The minimum Gasteiger partial charge on any atom is -0.494 e. The van der Waals surface area contributed by atoms with Crippen molar-refractivity contribution in [3.05, 3.63) is 30.1 Å². The molecular formula is C23H27N7O4. The lowest BCUT2D eigenvalue weighted by Gasteiger charge is -2.36. The maximum Gasteiger partial charge on any atom is 0.258 e. The van der Waals surface area contributed by atoms with Crippen LogP contribution in [0, 0.1) is 0 Å². The predicted molar refractivity (Wildman–Crippen MR) is 128 cm³/mol. The molecule has 3 aromatic rings. The summed E-state index contributed by atoms with van der Waals surface area (Å²) >= 11 is 0. The van der Waals surface area contributed by atoms with E-state index in [0.29, 0.717) is 28.4 Å². The van der Waals surface area contributed by atoms with Crippen LogP contribution in [0.2, 0.25) is 0 Å². The van der Waals surface area contributed by atoms with Crippen LogP contribution < -0.4 is 19.7 Å². The second-order valence-corrected chi connectivity index (χ2v) is 8.45. The first-order chi connectivity index (χ1) is 16.5. The van der Waals surface area contributed by atoms with Gasteiger partial charge in [-0.25, -0.2) is 9.97 Å². The summed E-state index contributed by atoms with van der Waals surface area (Å²) in [7, 11) is 1.54. The van der Waals surface area contributed by atoms with Gasteiger partial charge in [0.15, 0.2) is 24.0 Å². The highest BCUT2D eigenvalue weighted by atomic mass is 16.5. The van der Waals surface area contributed by atoms with Gasteiger partial charge in [0.1, 0.15) is 17.8 Å². The molecule has 34 heavy (non-hydrogen) atoms. The van der Waals surface area contributed by atoms with E-state index < -0.39 is 0 Å². The maximum atomic E-state index is 12.5. The lowest BCUT2D eigenvalue weighted by Crippen LogP contribution is -2.51. The molecule has 3 aliphatic rings. The van der Waals surface area contributed by atoms with Crippen LogP contribution in [0.4, 0.5) is 11.5 Å². The van der Waals surface area contributed by atoms with Crippen LogP contribution in [-0.4, -0.2) is 89.6 Å². The van der Waals surface area contributed by atoms with Crippen molar-refractivity contribution in [1.29, 1.82) is 0 Å². The molecule has 11 nitrogen and oxygen atoms in total. The number of fused-ring (bicyclic) bond motifs is 7. The van der Waals surface area contributed by atoms with Crippen molar-refractivity contribution in [3.8, 4) is 17.4 Å². The molecule has 0 radical (unpaired) electrons. The van der Waals surface area contributed by atoms with Crippen LogP contribution in [0.15, 0.2) is 29.5 Å². The topological polar surface area (TPSA) is 128 Å². The molecule has 1 fully saturated rings. The Kier molecular flexibility index (Phi) is 5.93.